The Morgan fingerprint density at radius 3 is 2.60 bits per heavy atom. The monoisotopic (exact) mass is 248 g/mol. The predicted octanol–water partition coefficient (Wildman–Crippen LogP) is 1.79. The highest BCUT2D eigenvalue weighted by Crippen LogP contribution is 2.22. The van der Waals surface area contributed by atoms with Gasteiger partial charge in [0.25, 0.3) is 0 Å². The van der Waals surface area contributed by atoms with E-state index >= 15 is 0 Å². The molecular formula is C10H10Cl2O3. The van der Waals surface area contributed by atoms with Crippen molar-refractivity contribution in [1.29, 1.82) is 0 Å². The number of benzene rings is 1. The van der Waals surface area contributed by atoms with Gasteiger partial charge in [-0.15, -0.1) is 11.6 Å². The molecule has 0 aliphatic rings. The lowest BCUT2D eigenvalue weighted by molar-refractivity contribution is 0.0327. The standard InChI is InChI=1S/C10H10Cl2O3/c11-4-9(14)10(15)6-1-2-8(12)7(3-6)5-13/h1-3,5,9-10,14-15H,4H2. The number of hydrogen-bond acceptors (Lipinski definition) is 3. The summed E-state index contributed by atoms with van der Waals surface area (Å²) in [4.78, 5) is 10.6. The summed E-state index contributed by atoms with van der Waals surface area (Å²) in [6.45, 7) is 0. The van der Waals surface area contributed by atoms with E-state index < -0.39 is 12.2 Å². The normalized spacial score (nSPS) is 14.7. The van der Waals surface area contributed by atoms with E-state index in [0.29, 0.717) is 16.9 Å². The zero-order chi connectivity index (χ0) is 11.4. The molecule has 1 aromatic rings. The highest BCUT2D eigenvalue weighted by Gasteiger charge is 2.18. The van der Waals surface area contributed by atoms with E-state index in [1.807, 2.05) is 0 Å². The van der Waals surface area contributed by atoms with Gasteiger partial charge >= 0.3 is 0 Å². The maximum absolute atomic E-state index is 10.6. The molecule has 0 bridgehead atoms. The fourth-order valence-corrected chi connectivity index (χ4v) is 1.47. The number of aldehydes is 1. The van der Waals surface area contributed by atoms with Crippen LogP contribution in [0.3, 0.4) is 0 Å². The number of alkyl halides is 1. The van der Waals surface area contributed by atoms with E-state index in [2.05, 4.69) is 0 Å². The molecule has 0 fully saturated rings. The minimum Gasteiger partial charge on any atom is -0.389 e. The number of carbonyl (C=O) groups is 1. The molecular weight excluding hydrogens is 239 g/mol. The predicted molar refractivity (Wildman–Crippen MR) is 58.5 cm³/mol. The molecule has 0 heterocycles. The summed E-state index contributed by atoms with van der Waals surface area (Å²) in [5.74, 6) is -0.0831. The zero-order valence-corrected chi connectivity index (χ0v) is 9.24. The van der Waals surface area contributed by atoms with E-state index in [1.165, 1.54) is 18.2 Å². The van der Waals surface area contributed by atoms with Crippen molar-refractivity contribution >= 4 is 29.5 Å². The molecule has 0 saturated carbocycles. The van der Waals surface area contributed by atoms with Crippen molar-refractivity contribution in [1.82, 2.24) is 0 Å². The molecule has 0 radical (unpaired) electrons. The van der Waals surface area contributed by atoms with Crippen LogP contribution in [0.2, 0.25) is 5.02 Å². The Morgan fingerprint density at radius 1 is 1.40 bits per heavy atom. The molecule has 0 aliphatic heterocycles. The van der Waals surface area contributed by atoms with E-state index in [4.69, 9.17) is 23.2 Å². The Bertz CT molecular complexity index is 355. The van der Waals surface area contributed by atoms with Gasteiger partial charge in [-0.1, -0.05) is 17.7 Å². The van der Waals surface area contributed by atoms with Crippen molar-refractivity contribution in [3.63, 3.8) is 0 Å². The molecule has 0 amide bonds. The second-order valence-corrected chi connectivity index (χ2v) is 3.78. The molecule has 1 rings (SSSR count). The van der Waals surface area contributed by atoms with E-state index in [1.54, 1.807) is 0 Å². The molecule has 15 heavy (non-hydrogen) atoms. The Hall–Kier alpha value is -0.610. The van der Waals surface area contributed by atoms with E-state index in [-0.39, 0.29) is 11.4 Å². The second-order valence-electron chi connectivity index (χ2n) is 3.07. The summed E-state index contributed by atoms with van der Waals surface area (Å²) in [7, 11) is 0. The van der Waals surface area contributed by atoms with Crippen LogP contribution >= 0.6 is 23.2 Å². The average Bonchev–Trinajstić information content (AvgIpc) is 2.27. The SMILES string of the molecule is O=Cc1cc(C(O)C(O)CCl)ccc1Cl. The first-order valence-electron chi connectivity index (χ1n) is 4.27. The van der Waals surface area contributed by atoms with Crippen molar-refractivity contribution in [3.05, 3.63) is 34.3 Å². The Balaban J connectivity index is 3.00. The Labute approximate surface area is 97.2 Å². The largest absolute Gasteiger partial charge is 0.389 e. The molecule has 82 valence electrons. The van der Waals surface area contributed by atoms with Gasteiger partial charge in [-0.3, -0.25) is 4.79 Å². The van der Waals surface area contributed by atoms with E-state index in [9.17, 15) is 15.0 Å². The zero-order valence-electron chi connectivity index (χ0n) is 7.73. The van der Waals surface area contributed by atoms with Crippen LogP contribution in [-0.4, -0.2) is 28.5 Å². The maximum Gasteiger partial charge on any atom is 0.151 e. The van der Waals surface area contributed by atoms with Crippen molar-refractivity contribution in [2.45, 2.75) is 12.2 Å². The van der Waals surface area contributed by atoms with Gasteiger partial charge in [0.15, 0.2) is 6.29 Å². The summed E-state index contributed by atoms with van der Waals surface area (Å²) < 4.78 is 0. The minimum atomic E-state index is -1.11. The van der Waals surface area contributed by atoms with Crippen molar-refractivity contribution < 1.29 is 15.0 Å². The average molecular weight is 249 g/mol. The van der Waals surface area contributed by atoms with Crippen molar-refractivity contribution in [2.24, 2.45) is 0 Å². The van der Waals surface area contributed by atoms with Crippen LogP contribution in [0.25, 0.3) is 0 Å². The molecule has 2 atom stereocenters. The maximum atomic E-state index is 10.6. The summed E-state index contributed by atoms with van der Waals surface area (Å²) in [5.41, 5.74) is 0.685. The number of aliphatic hydroxyl groups excluding tert-OH is 2. The topological polar surface area (TPSA) is 57.5 Å². The molecule has 2 N–H and O–H groups in total. The third kappa shape index (κ3) is 2.92. The summed E-state index contributed by atoms with van der Waals surface area (Å²) in [6.07, 6.45) is -1.59. The van der Waals surface area contributed by atoms with Crippen LogP contribution in [0.5, 0.6) is 0 Å². The molecule has 5 heteroatoms. The Morgan fingerprint density at radius 2 is 2.07 bits per heavy atom. The number of carbonyl (C=O) groups excluding carboxylic acids is 1. The van der Waals surface area contributed by atoms with Crippen molar-refractivity contribution in [2.75, 3.05) is 5.88 Å². The van der Waals surface area contributed by atoms with Crippen LogP contribution < -0.4 is 0 Å². The molecule has 0 aromatic heterocycles. The van der Waals surface area contributed by atoms with Gasteiger partial charge in [-0.05, 0) is 17.7 Å². The fraction of sp³-hybridized carbons (Fsp3) is 0.300. The number of rotatable bonds is 4. The lowest BCUT2D eigenvalue weighted by Gasteiger charge is -2.16. The van der Waals surface area contributed by atoms with Crippen molar-refractivity contribution in [3.8, 4) is 0 Å². The highest BCUT2D eigenvalue weighted by atomic mass is 35.5. The second kappa shape index (κ2) is 5.47. The first-order chi connectivity index (χ1) is 7.10. The number of aliphatic hydroxyl groups is 2. The third-order valence-electron chi connectivity index (χ3n) is 2.01. The third-order valence-corrected chi connectivity index (χ3v) is 2.67. The van der Waals surface area contributed by atoms with Crippen LogP contribution in [0, 0.1) is 0 Å². The summed E-state index contributed by atoms with van der Waals surface area (Å²) in [6, 6.07) is 4.45. The first kappa shape index (κ1) is 12.5. The quantitative estimate of drug-likeness (QED) is 0.631. The molecule has 3 nitrogen and oxygen atoms in total. The van der Waals surface area contributed by atoms with Gasteiger partial charge < -0.3 is 10.2 Å². The smallest absolute Gasteiger partial charge is 0.151 e. The van der Waals surface area contributed by atoms with Crippen LogP contribution in [0.15, 0.2) is 18.2 Å². The van der Waals surface area contributed by atoms with Gasteiger partial charge in [0.1, 0.15) is 6.10 Å². The minimum absolute atomic E-state index is 0.0831. The molecule has 1 aromatic carbocycles. The van der Waals surface area contributed by atoms with Gasteiger partial charge in [-0.25, -0.2) is 0 Å². The number of halogens is 2. The summed E-state index contributed by atoms with van der Waals surface area (Å²) in [5, 5.41) is 19.2. The first-order valence-corrected chi connectivity index (χ1v) is 5.18. The Kier molecular flexibility index (Phi) is 4.54. The van der Waals surface area contributed by atoms with Crippen LogP contribution in [0.4, 0.5) is 0 Å². The lowest BCUT2D eigenvalue weighted by Crippen LogP contribution is -2.19. The van der Waals surface area contributed by atoms with Gasteiger partial charge in [0, 0.05) is 5.56 Å². The lowest BCUT2D eigenvalue weighted by atomic mass is 10.0. The summed E-state index contributed by atoms with van der Waals surface area (Å²) >= 11 is 11.1. The molecule has 0 spiro atoms. The number of hydrogen-bond donors (Lipinski definition) is 2. The van der Waals surface area contributed by atoms with E-state index in [0.717, 1.165) is 0 Å². The molecule has 2 unspecified atom stereocenters. The van der Waals surface area contributed by atoms with Gasteiger partial charge in [0.05, 0.1) is 17.0 Å². The molecule has 0 saturated heterocycles. The highest BCUT2D eigenvalue weighted by molar-refractivity contribution is 6.32. The van der Waals surface area contributed by atoms with Gasteiger partial charge in [0.2, 0.25) is 0 Å². The van der Waals surface area contributed by atoms with Gasteiger partial charge in [-0.2, -0.15) is 0 Å². The molecule has 0 aliphatic carbocycles. The fourth-order valence-electron chi connectivity index (χ4n) is 1.14. The van der Waals surface area contributed by atoms with Crippen LogP contribution in [-0.2, 0) is 0 Å². The van der Waals surface area contributed by atoms with Crippen LogP contribution in [0.1, 0.15) is 22.0 Å².